The Balaban J connectivity index is 1.38. The van der Waals surface area contributed by atoms with E-state index in [-0.39, 0.29) is 17.4 Å². The Kier molecular flexibility index (Phi) is 6.59. The van der Waals surface area contributed by atoms with Crippen molar-refractivity contribution < 1.29 is 12.8 Å². The van der Waals surface area contributed by atoms with Crippen LogP contribution >= 0.6 is 0 Å². The van der Waals surface area contributed by atoms with E-state index in [2.05, 4.69) is 47.2 Å². The number of sulfonamides is 1. The lowest BCUT2D eigenvalue weighted by molar-refractivity contribution is 0.600. The molecule has 0 bridgehead atoms. The molecular formula is C22H21FN8O2S. The molecule has 0 spiro atoms. The van der Waals surface area contributed by atoms with Gasteiger partial charge in [0.15, 0.2) is 0 Å². The molecule has 0 saturated heterocycles. The maximum Gasteiger partial charge on any atom is 0.238 e. The fraction of sp³-hybridized carbons (Fsp3) is 0.136. The van der Waals surface area contributed by atoms with Crippen molar-refractivity contribution in [3.05, 3.63) is 89.6 Å². The van der Waals surface area contributed by atoms with E-state index in [9.17, 15) is 12.8 Å². The van der Waals surface area contributed by atoms with Gasteiger partial charge in [-0.2, -0.15) is 5.21 Å². The standard InChI is InChI=1S/C22H21FN8O2S/c1-14-9-17(5-8-19(14)23)11-24-15(2)20-10-21(26-13-25-20)29-34(32,33)12-16-3-6-18(7-4-16)22-27-30-31-28-22/h3-10,13,24H,2,11-12H2,1H3,(H,25,26,29)(H,27,28,30,31). The van der Waals surface area contributed by atoms with Gasteiger partial charge in [-0.15, -0.1) is 10.2 Å². The third kappa shape index (κ3) is 5.78. The van der Waals surface area contributed by atoms with Gasteiger partial charge in [0.05, 0.1) is 17.1 Å². The van der Waals surface area contributed by atoms with Crippen LogP contribution in [0.2, 0.25) is 0 Å². The molecule has 3 N–H and O–H groups in total. The number of anilines is 1. The largest absolute Gasteiger partial charge is 0.380 e. The van der Waals surface area contributed by atoms with Crippen LogP contribution in [0.4, 0.5) is 10.2 Å². The minimum atomic E-state index is -3.74. The normalized spacial score (nSPS) is 11.2. The molecule has 0 aliphatic rings. The summed E-state index contributed by atoms with van der Waals surface area (Å²) in [5.74, 6) is 0.0266. The second-order valence-corrected chi connectivity index (χ2v) is 9.22. The Morgan fingerprint density at radius 2 is 1.85 bits per heavy atom. The average Bonchev–Trinajstić information content (AvgIpc) is 3.35. The second-order valence-electron chi connectivity index (χ2n) is 7.50. The zero-order chi connectivity index (χ0) is 24.1. The van der Waals surface area contributed by atoms with Crippen LogP contribution in [0.1, 0.15) is 22.4 Å². The molecule has 0 atom stereocenters. The fourth-order valence-corrected chi connectivity index (χ4v) is 4.28. The van der Waals surface area contributed by atoms with Crippen LogP contribution in [-0.2, 0) is 22.3 Å². The Labute approximate surface area is 195 Å². The van der Waals surface area contributed by atoms with Crippen LogP contribution in [0.25, 0.3) is 17.1 Å². The van der Waals surface area contributed by atoms with Gasteiger partial charge in [-0.1, -0.05) is 43.0 Å². The van der Waals surface area contributed by atoms with Crippen LogP contribution in [-0.4, -0.2) is 39.0 Å². The number of nitrogens with zero attached hydrogens (tertiary/aromatic N) is 5. The number of tetrazole rings is 1. The Morgan fingerprint density at radius 3 is 2.56 bits per heavy atom. The van der Waals surface area contributed by atoms with Gasteiger partial charge >= 0.3 is 0 Å². The number of aromatic amines is 1. The summed E-state index contributed by atoms with van der Waals surface area (Å²) >= 11 is 0. The highest BCUT2D eigenvalue weighted by Gasteiger charge is 2.14. The van der Waals surface area contributed by atoms with Crippen LogP contribution in [0.5, 0.6) is 0 Å². The number of nitrogens with one attached hydrogen (secondary N) is 3. The van der Waals surface area contributed by atoms with Crippen LogP contribution in [0, 0.1) is 12.7 Å². The summed E-state index contributed by atoms with van der Waals surface area (Å²) in [7, 11) is -3.74. The molecule has 0 radical (unpaired) electrons. The Hall–Kier alpha value is -4.19. The zero-order valence-electron chi connectivity index (χ0n) is 18.2. The van der Waals surface area contributed by atoms with Gasteiger partial charge in [0.25, 0.3) is 0 Å². The van der Waals surface area contributed by atoms with Crippen molar-refractivity contribution in [2.45, 2.75) is 19.2 Å². The summed E-state index contributed by atoms with van der Waals surface area (Å²) in [4.78, 5) is 8.14. The van der Waals surface area contributed by atoms with Gasteiger partial charge in [0.1, 0.15) is 18.0 Å². The first kappa shape index (κ1) is 23.0. The highest BCUT2D eigenvalue weighted by Crippen LogP contribution is 2.18. The maximum atomic E-state index is 13.4. The van der Waals surface area contributed by atoms with Gasteiger partial charge in [-0.25, -0.2) is 22.8 Å². The van der Waals surface area contributed by atoms with Crippen LogP contribution < -0.4 is 10.0 Å². The fourth-order valence-electron chi connectivity index (χ4n) is 3.14. The first-order valence-electron chi connectivity index (χ1n) is 10.1. The van der Waals surface area contributed by atoms with Gasteiger partial charge in [0, 0.05) is 18.2 Å². The third-order valence-electron chi connectivity index (χ3n) is 4.88. The van der Waals surface area contributed by atoms with Gasteiger partial charge in [-0.3, -0.25) is 4.72 Å². The predicted octanol–water partition coefficient (Wildman–Crippen LogP) is 2.81. The number of rotatable bonds is 9. The SMILES string of the molecule is C=C(NCc1ccc(F)c(C)c1)c1cc(NS(=O)(=O)Cc2ccc(-c3nn[nH]n3)cc2)ncn1. The number of hydrogen-bond acceptors (Lipinski definition) is 8. The molecular weight excluding hydrogens is 459 g/mol. The summed E-state index contributed by atoms with van der Waals surface area (Å²) in [5, 5.41) is 16.8. The zero-order valence-corrected chi connectivity index (χ0v) is 19.0. The average molecular weight is 481 g/mol. The van der Waals surface area contributed by atoms with Crippen molar-refractivity contribution in [3.8, 4) is 11.4 Å². The van der Waals surface area contributed by atoms with Crippen molar-refractivity contribution in [2.75, 3.05) is 4.72 Å². The topological polar surface area (TPSA) is 138 Å². The lowest BCUT2D eigenvalue weighted by Gasteiger charge is -2.12. The van der Waals surface area contributed by atoms with Crippen LogP contribution in [0.3, 0.4) is 0 Å². The molecule has 10 nitrogen and oxygen atoms in total. The quantitative estimate of drug-likeness (QED) is 0.332. The highest BCUT2D eigenvalue weighted by atomic mass is 32.2. The molecule has 0 saturated carbocycles. The van der Waals surface area contributed by atoms with Gasteiger partial charge < -0.3 is 5.32 Å². The van der Waals surface area contributed by atoms with Gasteiger partial charge in [0.2, 0.25) is 15.8 Å². The maximum absolute atomic E-state index is 13.4. The molecule has 0 fully saturated rings. The minimum absolute atomic E-state index is 0.119. The lowest BCUT2D eigenvalue weighted by Crippen LogP contribution is -2.17. The summed E-state index contributed by atoms with van der Waals surface area (Å²) < 4.78 is 41.2. The number of H-pyrrole nitrogens is 1. The number of aromatic nitrogens is 6. The van der Waals surface area contributed by atoms with Crippen molar-refractivity contribution >= 4 is 21.5 Å². The molecule has 2 aromatic carbocycles. The van der Waals surface area contributed by atoms with E-state index in [1.807, 2.05) is 0 Å². The molecule has 0 aliphatic carbocycles. The predicted molar refractivity (Wildman–Crippen MR) is 125 cm³/mol. The van der Waals surface area contributed by atoms with E-state index in [1.54, 1.807) is 43.3 Å². The lowest BCUT2D eigenvalue weighted by atomic mass is 10.1. The molecule has 2 heterocycles. The van der Waals surface area contributed by atoms with E-state index in [0.29, 0.717) is 40.5 Å². The molecule has 4 rings (SSSR count). The summed E-state index contributed by atoms with van der Waals surface area (Å²) in [6, 6.07) is 13.1. The third-order valence-corrected chi connectivity index (χ3v) is 6.11. The minimum Gasteiger partial charge on any atom is -0.380 e. The number of halogens is 1. The Bertz CT molecular complexity index is 1410. The molecule has 0 unspecified atom stereocenters. The molecule has 34 heavy (non-hydrogen) atoms. The van der Waals surface area contributed by atoms with E-state index >= 15 is 0 Å². The van der Waals surface area contributed by atoms with E-state index in [1.165, 1.54) is 18.5 Å². The summed E-state index contributed by atoms with van der Waals surface area (Å²) in [6.45, 7) is 6.05. The van der Waals surface area contributed by atoms with Crippen molar-refractivity contribution in [1.82, 2.24) is 35.9 Å². The van der Waals surface area contributed by atoms with E-state index in [4.69, 9.17) is 0 Å². The Morgan fingerprint density at radius 1 is 1.09 bits per heavy atom. The highest BCUT2D eigenvalue weighted by molar-refractivity contribution is 7.91. The molecule has 0 amide bonds. The first-order chi connectivity index (χ1) is 16.3. The number of aryl methyl sites for hydroxylation is 1. The number of benzene rings is 2. The second kappa shape index (κ2) is 9.75. The van der Waals surface area contributed by atoms with Crippen molar-refractivity contribution in [1.29, 1.82) is 0 Å². The molecule has 4 aromatic rings. The molecule has 0 aliphatic heterocycles. The number of hydrogen-bond donors (Lipinski definition) is 3. The summed E-state index contributed by atoms with van der Waals surface area (Å²) in [6.07, 6.45) is 1.25. The molecule has 12 heteroatoms. The monoisotopic (exact) mass is 480 g/mol. The van der Waals surface area contributed by atoms with Crippen molar-refractivity contribution in [2.24, 2.45) is 0 Å². The molecule has 2 aromatic heterocycles. The first-order valence-corrected chi connectivity index (χ1v) is 11.8. The van der Waals surface area contributed by atoms with E-state index in [0.717, 1.165) is 5.56 Å². The van der Waals surface area contributed by atoms with Crippen molar-refractivity contribution in [3.63, 3.8) is 0 Å². The smallest absolute Gasteiger partial charge is 0.238 e. The van der Waals surface area contributed by atoms with Gasteiger partial charge in [-0.05, 0) is 34.9 Å². The van der Waals surface area contributed by atoms with Crippen LogP contribution in [0.15, 0.2) is 61.4 Å². The molecule has 174 valence electrons. The van der Waals surface area contributed by atoms with E-state index < -0.39 is 10.0 Å². The summed E-state index contributed by atoms with van der Waals surface area (Å²) in [5.41, 5.74) is 3.62.